The Morgan fingerprint density at radius 1 is 1.67 bits per heavy atom. The van der Waals surface area contributed by atoms with Crippen LogP contribution in [0.15, 0.2) is 6.07 Å². The maximum atomic E-state index is 10.5. The van der Waals surface area contributed by atoms with Crippen molar-refractivity contribution in [1.82, 2.24) is 4.57 Å². The number of nitrogens with zero attached hydrogens (tertiary/aromatic N) is 1. The molecule has 1 aromatic heterocycles. The Balaban J connectivity index is 3.20. The Bertz CT molecular complexity index is 341. The summed E-state index contributed by atoms with van der Waals surface area (Å²) in [5.41, 5.74) is 2.70. The lowest BCUT2D eigenvalue weighted by atomic mass is 10.3. The van der Waals surface area contributed by atoms with Crippen LogP contribution in [0.5, 0.6) is 0 Å². The van der Waals surface area contributed by atoms with Gasteiger partial charge in [-0.25, -0.2) is 0 Å². The van der Waals surface area contributed by atoms with E-state index in [0.717, 1.165) is 23.2 Å². The quantitative estimate of drug-likeness (QED) is 0.476. The number of terminal acetylenes is 1. The van der Waals surface area contributed by atoms with E-state index in [1.54, 1.807) is 0 Å². The standard InChI is InChI=1S/C10H11NO/c1-4-5-11-8(2)6-10(7-12)9(11)3/h1,6-7H,5H2,2-3H3. The van der Waals surface area contributed by atoms with Crippen molar-refractivity contribution in [3.05, 3.63) is 23.0 Å². The van der Waals surface area contributed by atoms with Crippen LogP contribution in [0.4, 0.5) is 0 Å². The van der Waals surface area contributed by atoms with Gasteiger partial charge in [-0.2, -0.15) is 0 Å². The number of carbonyl (C=O) groups excluding carboxylic acids is 1. The van der Waals surface area contributed by atoms with E-state index < -0.39 is 0 Å². The second-order valence-electron chi connectivity index (χ2n) is 2.73. The number of aryl methyl sites for hydroxylation is 1. The summed E-state index contributed by atoms with van der Waals surface area (Å²) in [5.74, 6) is 2.55. The molecule has 62 valence electrons. The molecule has 0 atom stereocenters. The van der Waals surface area contributed by atoms with E-state index >= 15 is 0 Å². The van der Waals surface area contributed by atoms with Crippen molar-refractivity contribution < 1.29 is 4.79 Å². The van der Waals surface area contributed by atoms with Crippen molar-refractivity contribution in [3.63, 3.8) is 0 Å². The van der Waals surface area contributed by atoms with Crippen molar-refractivity contribution in [3.8, 4) is 12.3 Å². The van der Waals surface area contributed by atoms with Crippen LogP contribution in [0.2, 0.25) is 0 Å². The van der Waals surface area contributed by atoms with Gasteiger partial charge in [-0.3, -0.25) is 4.79 Å². The van der Waals surface area contributed by atoms with E-state index in [0.29, 0.717) is 6.54 Å². The first kappa shape index (κ1) is 8.61. The minimum absolute atomic E-state index is 0.533. The Kier molecular flexibility index (Phi) is 2.35. The van der Waals surface area contributed by atoms with Gasteiger partial charge in [0.25, 0.3) is 0 Å². The topological polar surface area (TPSA) is 22.0 Å². The molecule has 0 amide bonds. The fraction of sp³-hybridized carbons (Fsp3) is 0.300. The Morgan fingerprint density at radius 2 is 2.33 bits per heavy atom. The molecule has 2 nitrogen and oxygen atoms in total. The summed E-state index contributed by atoms with van der Waals surface area (Å²) in [6.07, 6.45) is 6.05. The second kappa shape index (κ2) is 3.27. The van der Waals surface area contributed by atoms with E-state index in [1.807, 2.05) is 24.5 Å². The highest BCUT2D eigenvalue weighted by Gasteiger charge is 2.05. The van der Waals surface area contributed by atoms with Crippen LogP contribution in [-0.4, -0.2) is 10.9 Å². The molecule has 0 radical (unpaired) electrons. The van der Waals surface area contributed by atoms with Crippen molar-refractivity contribution in [2.45, 2.75) is 20.4 Å². The average molecular weight is 161 g/mol. The fourth-order valence-corrected chi connectivity index (χ4v) is 1.28. The lowest BCUT2D eigenvalue weighted by Crippen LogP contribution is -2.00. The van der Waals surface area contributed by atoms with Gasteiger partial charge in [-0.05, 0) is 19.9 Å². The van der Waals surface area contributed by atoms with Gasteiger partial charge >= 0.3 is 0 Å². The van der Waals surface area contributed by atoms with E-state index in [4.69, 9.17) is 6.42 Å². The van der Waals surface area contributed by atoms with Crippen molar-refractivity contribution in [1.29, 1.82) is 0 Å². The largest absolute Gasteiger partial charge is 0.337 e. The molecule has 0 aliphatic heterocycles. The van der Waals surface area contributed by atoms with E-state index in [9.17, 15) is 4.79 Å². The zero-order chi connectivity index (χ0) is 9.14. The number of hydrogen-bond donors (Lipinski definition) is 0. The predicted molar refractivity (Wildman–Crippen MR) is 48.1 cm³/mol. The molecular weight excluding hydrogens is 150 g/mol. The molecule has 0 saturated carbocycles. The van der Waals surface area contributed by atoms with E-state index in [1.165, 1.54) is 0 Å². The summed E-state index contributed by atoms with van der Waals surface area (Å²) in [5, 5.41) is 0. The van der Waals surface area contributed by atoms with Gasteiger partial charge in [-0.1, -0.05) is 5.92 Å². The van der Waals surface area contributed by atoms with Crippen LogP contribution in [0, 0.1) is 26.2 Å². The summed E-state index contributed by atoms with van der Waals surface area (Å²) in [4.78, 5) is 10.5. The highest BCUT2D eigenvalue weighted by atomic mass is 16.1. The van der Waals surface area contributed by atoms with Gasteiger partial charge in [0.15, 0.2) is 6.29 Å². The van der Waals surface area contributed by atoms with Gasteiger partial charge in [-0.15, -0.1) is 6.42 Å². The molecule has 0 spiro atoms. The Hall–Kier alpha value is -1.49. The first-order valence-electron chi connectivity index (χ1n) is 3.76. The van der Waals surface area contributed by atoms with E-state index in [-0.39, 0.29) is 0 Å². The first-order valence-corrected chi connectivity index (χ1v) is 3.76. The minimum Gasteiger partial charge on any atom is -0.337 e. The fourth-order valence-electron chi connectivity index (χ4n) is 1.28. The summed E-state index contributed by atoms with van der Waals surface area (Å²) in [7, 11) is 0. The van der Waals surface area contributed by atoms with Gasteiger partial charge in [0.05, 0.1) is 6.54 Å². The first-order chi connectivity index (χ1) is 5.70. The number of aldehydes is 1. The van der Waals surface area contributed by atoms with Crippen LogP contribution < -0.4 is 0 Å². The minimum atomic E-state index is 0.533. The van der Waals surface area contributed by atoms with Gasteiger partial charge in [0.2, 0.25) is 0 Å². The number of rotatable bonds is 2. The zero-order valence-corrected chi connectivity index (χ0v) is 7.29. The molecule has 0 fully saturated rings. The summed E-state index contributed by atoms with van der Waals surface area (Å²) in [6, 6.07) is 1.85. The molecular formula is C10H11NO. The lowest BCUT2D eigenvalue weighted by Gasteiger charge is -2.03. The second-order valence-corrected chi connectivity index (χ2v) is 2.73. The molecule has 1 heterocycles. The maximum Gasteiger partial charge on any atom is 0.151 e. The molecule has 0 aliphatic carbocycles. The highest BCUT2D eigenvalue weighted by Crippen LogP contribution is 2.12. The third-order valence-corrected chi connectivity index (χ3v) is 1.99. The number of carbonyl (C=O) groups is 1. The smallest absolute Gasteiger partial charge is 0.151 e. The van der Waals surface area contributed by atoms with Crippen LogP contribution in [0.1, 0.15) is 21.7 Å². The average Bonchev–Trinajstić information content (AvgIpc) is 2.32. The van der Waals surface area contributed by atoms with Gasteiger partial charge in [0, 0.05) is 17.0 Å². The number of aromatic nitrogens is 1. The SMILES string of the molecule is C#CCn1c(C)cc(C=O)c1C. The molecule has 0 aromatic carbocycles. The van der Waals surface area contributed by atoms with Crippen LogP contribution in [0.25, 0.3) is 0 Å². The molecule has 1 aromatic rings. The van der Waals surface area contributed by atoms with Crippen LogP contribution in [0.3, 0.4) is 0 Å². The zero-order valence-electron chi connectivity index (χ0n) is 7.29. The Labute approximate surface area is 72.2 Å². The molecule has 12 heavy (non-hydrogen) atoms. The molecule has 1 rings (SSSR count). The highest BCUT2D eigenvalue weighted by molar-refractivity contribution is 5.77. The number of hydrogen-bond acceptors (Lipinski definition) is 1. The molecule has 0 saturated heterocycles. The monoisotopic (exact) mass is 161 g/mol. The van der Waals surface area contributed by atoms with Crippen LogP contribution in [-0.2, 0) is 6.54 Å². The summed E-state index contributed by atoms with van der Waals surface area (Å²) >= 11 is 0. The molecule has 0 N–H and O–H groups in total. The normalized spacial score (nSPS) is 9.42. The van der Waals surface area contributed by atoms with Crippen molar-refractivity contribution in [2.75, 3.05) is 0 Å². The predicted octanol–water partition coefficient (Wildman–Crippen LogP) is 1.55. The van der Waals surface area contributed by atoms with Gasteiger partial charge < -0.3 is 4.57 Å². The molecule has 0 aliphatic rings. The lowest BCUT2D eigenvalue weighted by molar-refractivity contribution is 0.112. The molecule has 0 unspecified atom stereocenters. The maximum absolute atomic E-state index is 10.5. The molecule has 0 bridgehead atoms. The van der Waals surface area contributed by atoms with Crippen LogP contribution >= 0.6 is 0 Å². The van der Waals surface area contributed by atoms with Crippen molar-refractivity contribution >= 4 is 6.29 Å². The third kappa shape index (κ3) is 1.26. The third-order valence-electron chi connectivity index (χ3n) is 1.99. The summed E-state index contributed by atoms with van der Waals surface area (Å²) in [6.45, 7) is 4.37. The molecule has 2 heteroatoms. The summed E-state index contributed by atoms with van der Waals surface area (Å²) < 4.78 is 1.95. The van der Waals surface area contributed by atoms with E-state index in [2.05, 4.69) is 5.92 Å². The van der Waals surface area contributed by atoms with Gasteiger partial charge in [0.1, 0.15) is 0 Å². The Morgan fingerprint density at radius 3 is 2.75 bits per heavy atom. The van der Waals surface area contributed by atoms with Crippen molar-refractivity contribution in [2.24, 2.45) is 0 Å².